The first-order valence-electron chi connectivity index (χ1n) is 7.28. The highest BCUT2D eigenvalue weighted by Crippen LogP contribution is 2.16. The maximum Gasteiger partial charge on any atom is 0.269 e. The van der Waals surface area contributed by atoms with E-state index in [1.165, 1.54) is 29.8 Å². The number of nitro benzene ring substituents is 1. The molecule has 23 heavy (non-hydrogen) atoms. The molecule has 0 aromatic heterocycles. The molecule has 0 aliphatic rings. The zero-order valence-electron chi connectivity index (χ0n) is 12.8. The summed E-state index contributed by atoms with van der Waals surface area (Å²) in [5.41, 5.74) is 1.70. The second kappa shape index (κ2) is 7.93. The summed E-state index contributed by atoms with van der Waals surface area (Å²) in [5.74, 6) is 0.637. The highest BCUT2D eigenvalue weighted by Gasteiger charge is 2.06. The van der Waals surface area contributed by atoms with Crippen LogP contribution in [0.1, 0.15) is 18.4 Å². The summed E-state index contributed by atoms with van der Waals surface area (Å²) in [5, 5.41) is 13.2. The van der Waals surface area contributed by atoms with Gasteiger partial charge in [-0.1, -0.05) is 17.7 Å². The third-order valence-corrected chi connectivity index (χ3v) is 3.20. The normalized spacial score (nSPS) is 10.1. The molecule has 1 amide bonds. The van der Waals surface area contributed by atoms with Gasteiger partial charge in [-0.2, -0.15) is 0 Å². The number of rotatable bonds is 7. The predicted octanol–water partition coefficient (Wildman–Crippen LogP) is 3.70. The molecule has 0 bridgehead atoms. The highest BCUT2D eigenvalue weighted by molar-refractivity contribution is 5.90. The topological polar surface area (TPSA) is 81.5 Å². The number of nitro groups is 1. The van der Waals surface area contributed by atoms with Crippen molar-refractivity contribution in [2.75, 3.05) is 11.9 Å². The molecule has 0 aliphatic carbocycles. The molecule has 0 aliphatic heterocycles. The lowest BCUT2D eigenvalue weighted by Crippen LogP contribution is -2.12. The Morgan fingerprint density at radius 2 is 1.78 bits per heavy atom. The van der Waals surface area contributed by atoms with Crippen molar-refractivity contribution in [2.24, 2.45) is 0 Å². The molecule has 0 radical (unpaired) electrons. The number of non-ortho nitro benzene ring substituents is 1. The minimum Gasteiger partial charge on any atom is -0.494 e. The van der Waals surface area contributed by atoms with Crippen LogP contribution in [0.2, 0.25) is 0 Å². The van der Waals surface area contributed by atoms with Crippen molar-refractivity contribution in [1.29, 1.82) is 0 Å². The van der Waals surface area contributed by atoms with E-state index >= 15 is 0 Å². The minimum atomic E-state index is -0.478. The Balaban J connectivity index is 1.70. The average molecular weight is 314 g/mol. The monoisotopic (exact) mass is 314 g/mol. The molecule has 0 unspecified atom stereocenters. The molecule has 6 heteroatoms. The van der Waals surface area contributed by atoms with Crippen molar-refractivity contribution in [1.82, 2.24) is 0 Å². The first kappa shape index (κ1) is 16.5. The zero-order valence-corrected chi connectivity index (χ0v) is 12.8. The summed E-state index contributed by atoms with van der Waals surface area (Å²) in [6.45, 7) is 2.46. The van der Waals surface area contributed by atoms with Gasteiger partial charge in [-0.15, -0.1) is 0 Å². The van der Waals surface area contributed by atoms with E-state index in [0.29, 0.717) is 25.1 Å². The van der Waals surface area contributed by atoms with Crippen LogP contribution in [0.15, 0.2) is 48.5 Å². The molecule has 0 heterocycles. The summed E-state index contributed by atoms with van der Waals surface area (Å²) >= 11 is 0. The van der Waals surface area contributed by atoms with Gasteiger partial charge in [0.25, 0.3) is 5.69 Å². The quantitative estimate of drug-likeness (QED) is 0.480. The van der Waals surface area contributed by atoms with E-state index in [0.717, 1.165) is 5.75 Å². The molecule has 2 aromatic carbocycles. The largest absolute Gasteiger partial charge is 0.494 e. The number of anilines is 1. The Kier molecular flexibility index (Phi) is 5.68. The van der Waals surface area contributed by atoms with Crippen LogP contribution in [0.4, 0.5) is 11.4 Å². The third-order valence-electron chi connectivity index (χ3n) is 3.20. The van der Waals surface area contributed by atoms with Gasteiger partial charge >= 0.3 is 0 Å². The molecule has 0 saturated carbocycles. The Morgan fingerprint density at radius 3 is 2.39 bits per heavy atom. The summed E-state index contributed by atoms with van der Waals surface area (Å²) in [6, 6.07) is 13.5. The van der Waals surface area contributed by atoms with Crippen LogP contribution >= 0.6 is 0 Å². The van der Waals surface area contributed by atoms with Crippen LogP contribution in [0.3, 0.4) is 0 Å². The molecular weight excluding hydrogens is 296 g/mol. The van der Waals surface area contributed by atoms with Crippen molar-refractivity contribution in [3.63, 3.8) is 0 Å². The minimum absolute atomic E-state index is 0.00510. The predicted molar refractivity (Wildman–Crippen MR) is 87.6 cm³/mol. The second-order valence-electron chi connectivity index (χ2n) is 5.12. The number of carbonyl (C=O) groups excluding carboxylic acids is 1. The van der Waals surface area contributed by atoms with Crippen molar-refractivity contribution < 1.29 is 14.5 Å². The summed E-state index contributed by atoms with van der Waals surface area (Å²) in [4.78, 5) is 21.9. The van der Waals surface area contributed by atoms with Gasteiger partial charge in [-0.05, 0) is 37.6 Å². The summed E-state index contributed by atoms with van der Waals surface area (Å²) < 4.78 is 5.55. The first-order valence-corrected chi connectivity index (χ1v) is 7.28. The number of nitrogens with zero attached hydrogens (tertiary/aromatic N) is 1. The Labute approximate surface area is 134 Å². The molecule has 0 fully saturated rings. The lowest BCUT2D eigenvalue weighted by atomic mass is 10.2. The van der Waals surface area contributed by atoms with E-state index in [2.05, 4.69) is 5.32 Å². The van der Waals surface area contributed by atoms with Gasteiger partial charge in [0.2, 0.25) is 5.91 Å². The van der Waals surface area contributed by atoms with Gasteiger partial charge in [0, 0.05) is 24.2 Å². The third kappa shape index (κ3) is 5.43. The van der Waals surface area contributed by atoms with Crippen LogP contribution in [0.25, 0.3) is 0 Å². The Bertz CT molecular complexity index is 666. The van der Waals surface area contributed by atoms with E-state index in [1.54, 1.807) is 0 Å². The number of hydrogen-bond donors (Lipinski definition) is 1. The van der Waals surface area contributed by atoms with Crippen LogP contribution < -0.4 is 10.1 Å². The van der Waals surface area contributed by atoms with Crippen LogP contribution in [0.5, 0.6) is 5.75 Å². The van der Waals surface area contributed by atoms with E-state index in [1.807, 2.05) is 31.2 Å². The molecule has 6 nitrogen and oxygen atoms in total. The van der Waals surface area contributed by atoms with Crippen molar-refractivity contribution >= 4 is 17.3 Å². The maximum atomic E-state index is 11.8. The molecule has 0 atom stereocenters. The van der Waals surface area contributed by atoms with Gasteiger partial charge in [-0.25, -0.2) is 0 Å². The molecule has 1 N–H and O–H groups in total. The smallest absolute Gasteiger partial charge is 0.269 e. The number of ether oxygens (including phenoxy) is 1. The lowest BCUT2D eigenvalue weighted by Gasteiger charge is -2.07. The fourth-order valence-corrected chi connectivity index (χ4v) is 1.95. The van der Waals surface area contributed by atoms with E-state index in [-0.39, 0.29) is 11.6 Å². The SMILES string of the molecule is Cc1ccc(OCCCC(=O)Nc2ccc([N+](=O)[O-])cc2)cc1. The van der Waals surface area contributed by atoms with Crippen LogP contribution in [-0.2, 0) is 4.79 Å². The zero-order chi connectivity index (χ0) is 16.7. The average Bonchev–Trinajstić information content (AvgIpc) is 2.54. The first-order chi connectivity index (χ1) is 11.0. The number of nitrogens with one attached hydrogen (secondary N) is 1. The number of hydrogen-bond acceptors (Lipinski definition) is 4. The van der Waals surface area contributed by atoms with Crippen LogP contribution in [-0.4, -0.2) is 17.4 Å². The van der Waals surface area contributed by atoms with E-state index in [4.69, 9.17) is 4.74 Å². The van der Waals surface area contributed by atoms with Gasteiger partial charge in [0.05, 0.1) is 11.5 Å². The van der Waals surface area contributed by atoms with Crippen molar-refractivity contribution in [3.05, 3.63) is 64.2 Å². The Hall–Kier alpha value is -2.89. The van der Waals surface area contributed by atoms with Gasteiger partial charge in [-0.3, -0.25) is 14.9 Å². The molecule has 0 spiro atoms. The van der Waals surface area contributed by atoms with Crippen molar-refractivity contribution in [2.45, 2.75) is 19.8 Å². The standard InChI is InChI=1S/C17H18N2O4/c1-13-4-10-16(11-5-13)23-12-2-3-17(20)18-14-6-8-15(9-7-14)19(21)22/h4-11H,2-3,12H2,1H3,(H,18,20). The number of aryl methyl sites for hydroxylation is 1. The summed E-state index contributed by atoms with van der Waals surface area (Å²) in [6.07, 6.45) is 0.912. The molecule has 0 saturated heterocycles. The fraction of sp³-hybridized carbons (Fsp3) is 0.235. The van der Waals surface area contributed by atoms with Gasteiger partial charge in [0.15, 0.2) is 0 Å². The molecule has 2 aromatic rings. The Morgan fingerprint density at radius 1 is 1.13 bits per heavy atom. The van der Waals surface area contributed by atoms with Gasteiger partial charge in [0.1, 0.15) is 5.75 Å². The van der Waals surface area contributed by atoms with Crippen molar-refractivity contribution in [3.8, 4) is 5.75 Å². The van der Waals surface area contributed by atoms with Gasteiger partial charge < -0.3 is 10.1 Å². The summed E-state index contributed by atoms with van der Waals surface area (Å²) in [7, 11) is 0. The number of benzene rings is 2. The number of amides is 1. The van der Waals surface area contributed by atoms with Crippen LogP contribution in [0, 0.1) is 17.0 Å². The lowest BCUT2D eigenvalue weighted by molar-refractivity contribution is -0.384. The molecule has 120 valence electrons. The fourth-order valence-electron chi connectivity index (χ4n) is 1.95. The maximum absolute atomic E-state index is 11.8. The van der Waals surface area contributed by atoms with E-state index in [9.17, 15) is 14.9 Å². The number of carbonyl (C=O) groups is 1. The highest BCUT2D eigenvalue weighted by atomic mass is 16.6. The molecule has 2 rings (SSSR count). The molecular formula is C17H18N2O4. The second-order valence-corrected chi connectivity index (χ2v) is 5.12. The van der Waals surface area contributed by atoms with E-state index < -0.39 is 4.92 Å².